The van der Waals surface area contributed by atoms with E-state index in [1.165, 1.54) is 11.3 Å². The Bertz CT molecular complexity index is 696. The average Bonchev–Trinajstić information content (AvgIpc) is 2.98. The molecule has 0 aliphatic rings. The SMILES string of the molecule is O=[S@@](c1ccccc1)c1nnc(-c2ccccc2)s1. The summed E-state index contributed by atoms with van der Waals surface area (Å²) in [5.74, 6) is 0. The lowest BCUT2D eigenvalue weighted by Gasteiger charge is -1.95. The zero-order valence-corrected chi connectivity index (χ0v) is 11.5. The second-order valence-electron chi connectivity index (χ2n) is 3.82. The van der Waals surface area contributed by atoms with Crippen LogP contribution in [0.15, 0.2) is 69.9 Å². The molecular weight excluding hydrogens is 276 g/mol. The predicted octanol–water partition coefficient (Wildman–Crippen LogP) is 3.37. The van der Waals surface area contributed by atoms with Crippen LogP contribution in [0, 0.1) is 0 Å². The van der Waals surface area contributed by atoms with Gasteiger partial charge in [-0.25, -0.2) is 4.21 Å². The molecule has 0 bridgehead atoms. The van der Waals surface area contributed by atoms with E-state index >= 15 is 0 Å². The van der Waals surface area contributed by atoms with Crippen molar-refractivity contribution in [1.82, 2.24) is 10.2 Å². The van der Waals surface area contributed by atoms with Gasteiger partial charge in [-0.05, 0) is 12.1 Å². The molecule has 0 saturated heterocycles. The van der Waals surface area contributed by atoms with Crippen molar-refractivity contribution in [3.63, 3.8) is 0 Å². The molecule has 3 aromatic rings. The molecule has 1 aromatic heterocycles. The highest BCUT2D eigenvalue weighted by atomic mass is 32.2. The minimum atomic E-state index is -1.25. The van der Waals surface area contributed by atoms with Crippen LogP contribution in [0.25, 0.3) is 10.6 Å². The lowest BCUT2D eigenvalue weighted by Crippen LogP contribution is -1.91. The van der Waals surface area contributed by atoms with E-state index in [2.05, 4.69) is 10.2 Å². The summed E-state index contributed by atoms with van der Waals surface area (Å²) in [6.45, 7) is 0. The van der Waals surface area contributed by atoms with Crippen LogP contribution in [0.5, 0.6) is 0 Å². The molecular formula is C14H10N2OS2. The van der Waals surface area contributed by atoms with Gasteiger partial charge < -0.3 is 0 Å². The minimum Gasteiger partial charge on any atom is -0.247 e. The van der Waals surface area contributed by atoms with Crippen LogP contribution in [-0.4, -0.2) is 14.4 Å². The molecule has 3 rings (SSSR count). The topological polar surface area (TPSA) is 42.9 Å². The molecule has 2 aromatic carbocycles. The fraction of sp³-hybridized carbons (Fsp3) is 0. The van der Waals surface area contributed by atoms with Gasteiger partial charge in [-0.2, -0.15) is 0 Å². The van der Waals surface area contributed by atoms with Crippen LogP contribution < -0.4 is 0 Å². The van der Waals surface area contributed by atoms with Gasteiger partial charge in [0.15, 0.2) is 0 Å². The number of hydrogen-bond acceptors (Lipinski definition) is 4. The number of aromatic nitrogens is 2. The Balaban J connectivity index is 1.92. The molecule has 0 aliphatic heterocycles. The normalized spacial score (nSPS) is 12.2. The maximum atomic E-state index is 12.3. The molecule has 94 valence electrons. The van der Waals surface area contributed by atoms with Crippen molar-refractivity contribution in [3.8, 4) is 10.6 Å². The van der Waals surface area contributed by atoms with Crippen molar-refractivity contribution in [2.24, 2.45) is 0 Å². The Kier molecular flexibility index (Phi) is 3.48. The summed E-state index contributed by atoms with van der Waals surface area (Å²) in [5, 5.41) is 8.94. The number of hydrogen-bond donors (Lipinski definition) is 0. The Morgan fingerprint density at radius 3 is 2.16 bits per heavy atom. The Labute approximate surface area is 117 Å². The van der Waals surface area contributed by atoms with E-state index in [-0.39, 0.29) is 0 Å². The molecule has 1 atom stereocenters. The third-order valence-corrected chi connectivity index (χ3v) is 5.11. The molecule has 0 fully saturated rings. The molecule has 0 saturated carbocycles. The van der Waals surface area contributed by atoms with Crippen LogP contribution >= 0.6 is 11.3 Å². The van der Waals surface area contributed by atoms with E-state index < -0.39 is 10.8 Å². The van der Waals surface area contributed by atoms with E-state index in [0.29, 0.717) is 4.34 Å². The van der Waals surface area contributed by atoms with Crippen molar-refractivity contribution < 1.29 is 4.21 Å². The molecule has 0 unspecified atom stereocenters. The molecule has 1 heterocycles. The van der Waals surface area contributed by atoms with Gasteiger partial charge in [-0.1, -0.05) is 59.9 Å². The van der Waals surface area contributed by atoms with E-state index in [9.17, 15) is 4.21 Å². The lowest BCUT2D eigenvalue weighted by atomic mass is 10.2. The van der Waals surface area contributed by atoms with Gasteiger partial charge in [0.1, 0.15) is 15.8 Å². The van der Waals surface area contributed by atoms with Gasteiger partial charge >= 0.3 is 0 Å². The second kappa shape index (κ2) is 5.42. The first-order valence-electron chi connectivity index (χ1n) is 5.70. The average molecular weight is 286 g/mol. The van der Waals surface area contributed by atoms with Crippen molar-refractivity contribution in [2.45, 2.75) is 9.24 Å². The van der Waals surface area contributed by atoms with E-state index in [4.69, 9.17) is 0 Å². The van der Waals surface area contributed by atoms with Crippen molar-refractivity contribution in [3.05, 3.63) is 60.7 Å². The van der Waals surface area contributed by atoms with Gasteiger partial charge in [-0.15, -0.1) is 10.2 Å². The van der Waals surface area contributed by atoms with Gasteiger partial charge in [0.05, 0.1) is 0 Å². The molecule has 0 amide bonds. The Morgan fingerprint density at radius 1 is 0.842 bits per heavy atom. The summed E-state index contributed by atoms with van der Waals surface area (Å²) >= 11 is 1.37. The third-order valence-electron chi connectivity index (χ3n) is 2.54. The maximum absolute atomic E-state index is 12.3. The van der Waals surface area contributed by atoms with Crippen molar-refractivity contribution in [1.29, 1.82) is 0 Å². The van der Waals surface area contributed by atoms with E-state index in [0.717, 1.165) is 15.5 Å². The smallest absolute Gasteiger partial charge is 0.209 e. The minimum absolute atomic E-state index is 0.532. The number of benzene rings is 2. The molecule has 0 radical (unpaired) electrons. The van der Waals surface area contributed by atoms with Crippen LogP contribution in [-0.2, 0) is 10.8 Å². The largest absolute Gasteiger partial charge is 0.247 e. The number of rotatable bonds is 3. The zero-order chi connectivity index (χ0) is 13.1. The van der Waals surface area contributed by atoms with Gasteiger partial charge in [0, 0.05) is 10.5 Å². The van der Waals surface area contributed by atoms with Gasteiger partial charge in [0.25, 0.3) is 0 Å². The summed E-state index contributed by atoms with van der Waals surface area (Å²) < 4.78 is 12.8. The van der Waals surface area contributed by atoms with Gasteiger partial charge in [0.2, 0.25) is 4.34 Å². The van der Waals surface area contributed by atoms with Crippen LogP contribution in [0.2, 0.25) is 0 Å². The lowest BCUT2D eigenvalue weighted by molar-refractivity contribution is 0.681. The third kappa shape index (κ3) is 2.62. The highest BCUT2D eigenvalue weighted by Gasteiger charge is 2.13. The van der Waals surface area contributed by atoms with Crippen LogP contribution in [0.1, 0.15) is 0 Å². The molecule has 3 nitrogen and oxygen atoms in total. The van der Waals surface area contributed by atoms with Crippen molar-refractivity contribution >= 4 is 22.1 Å². The summed E-state index contributed by atoms with van der Waals surface area (Å²) in [7, 11) is -1.25. The predicted molar refractivity (Wildman–Crippen MR) is 76.5 cm³/mol. The zero-order valence-electron chi connectivity index (χ0n) is 9.89. The van der Waals surface area contributed by atoms with Gasteiger partial charge in [-0.3, -0.25) is 0 Å². The molecule has 0 N–H and O–H groups in total. The summed E-state index contributed by atoms with van der Waals surface area (Å²) in [4.78, 5) is 0.748. The highest BCUT2D eigenvalue weighted by molar-refractivity contribution is 7.87. The van der Waals surface area contributed by atoms with E-state index in [1.54, 1.807) is 0 Å². The maximum Gasteiger partial charge on any atom is 0.209 e. The molecule has 19 heavy (non-hydrogen) atoms. The summed E-state index contributed by atoms with van der Waals surface area (Å²) in [6.07, 6.45) is 0. The molecule has 0 spiro atoms. The quantitative estimate of drug-likeness (QED) is 0.741. The fourth-order valence-electron chi connectivity index (χ4n) is 1.63. The summed E-state index contributed by atoms with van der Waals surface area (Å²) in [5.41, 5.74) is 0.997. The first kappa shape index (κ1) is 12.2. The van der Waals surface area contributed by atoms with Crippen LogP contribution in [0.3, 0.4) is 0 Å². The number of nitrogens with zero attached hydrogens (tertiary/aromatic N) is 2. The Hall–Kier alpha value is -1.85. The summed E-state index contributed by atoms with van der Waals surface area (Å²) in [6, 6.07) is 19.1. The Morgan fingerprint density at radius 2 is 1.47 bits per heavy atom. The van der Waals surface area contributed by atoms with Crippen molar-refractivity contribution in [2.75, 3.05) is 0 Å². The van der Waals surface area contributed by atoms with E-state index in [1.807, 2.05) is 60.7 Å². The second-order valence-corrected chi connectivity index (χ2v) is 6.45. The van der Waals surface area contributed by atoms with Crippen LogP contribution in [0.4, 0.5) is 0 Å². The first-order chi connectivity index (χ1) is 9.34. The molecule has 5 heteroatoms. The highest BCUT2D eigenvalue weighted by Crippen LogP contribution is 2.26. The fourth-order valence-corrected chi connectivity index (χ4v) is 3.76. The first-order valence-corrected chi connectivity index (χ1v) is 7.67. The monoisotopic (exact) mass is 286 g/mol. The molecule has 0 aliphatic carbocycles. The standard InChI is InChI=1S/C14H10N2OS2/c17-19(12-9-5-2-6-10-12)14-16-15-13(18-14)11-7-3-1-4-8-11/h1-10H/t19-/m0/s1.